The van der Waals surface area contributed by atoms with Crippen molar-refractivity contribution in [1.29, 1.82) is 0 Å². The van der Waals surface area contributed by atoms with E-state index in [4.69, 9.17) is 10.8 Å². The van der Waals surface area contributed by atoms with Crippen molar-refractivity contribution in [3.63, 3.8) is 0 Å². The van der Waals surface area contributed by atoms with Crippen molar-refractivity contribution in [2.75, 3.05) is 19.7 Å². The molecule has 0 aromatic carbocycles. The smallest absolute Gasteiger partial charge is 0.396 e. The van der Waals surface area contributed by atoms with E-state index in [0.29, 0.717) is 11.3 Å². The number of aliphatic hydroxyl groups excluding tert-OH is 1. The summed E-state index contributed by atoms with van der Waals surface area (Å²) in [6.07, 6.45) is -4.42. The van der Waals surface area contributed by atoms with Gasteiger partial charge in [-0.15, -0.1) is 0 Å². The molecule has 15 heavy (non-hydrogen) atoms. The molecule has 2 atom stereocenters. The van der Waals surface area contributed by atoms with Crippen molar-refractivity contribution in [3.8, 4) is 0 Å². The Bertz CT molecular complexity index is 245. The minimum Gasteiger partial charge on any atom is -0.396 e. The van der Waals surface area contributed by atoms with Crippen molar-refractivity contribution in [1.82, 2.24) is 4.90 Å². The number of carbonyl (C=O) groups is 1. The summed E-state index contributed by atoms with van der Waals surface area (Å²) < 4.78 is 36.3. The highest BCUT2D eigenvalue weighted by molar-refractivity contribution is 5.82. The van der Waals surface area contributed by atoms with Crippen molar-refractivity contribution in [3.05, 3.63) is 0 Å². The molecule has 1 aliphatic heterocycles. The SMILES string of the molecule is N[C@H]1C[C@@H](CO)CN(C(=O)C(F)(F)F)C1. The third-order valence-electron chi connectivity index (χ3n) is 2.36. The number of hydrogen-bond donors (Lipinski definition) is 2. The summed E-state index contributed by atoms with van der Waals surface area (Å²) >= 11 is 0. The lowest BCUT2D eigenvalue weighted by molar-refractivity contribution is -0.187. The average Bonchev–Trinajstić information content (AvgIpc) is 2.14. The van der Waals surface area contributed by atoms with Crippen molar-refractivity contribution in [2.45, 2.75) is 18.6 Å². The molecular weight excluding hydrogens is 213 g/mol. The standard InChI is InChI=1S/C8H13F3N2O2/c9-8(10,11)7(15)13-2-5(4-14)1-6(12)3-13/h5-6,14H,1-4,12H2/t5-,6+/m1/s1. The Morgan fingerprint density at radius 2 is 2.07 bits per heavy atom. The number of alkyl halides is 3. The summed E-state index contributed by atoms with van der Waals surface area (Å²) in [6.45, 7) is -0.438. The number of nitrogens with zero attached hydrogens (tertiary/aromatic N) is 1. The van der Waals surface area contributed by atoms with E-state index in [9.17, 15) is 18.0 Å². The van der Waals surface area contributed by atoms with Gasteiger partial charge < -0.3 is 15.7 Å². The third kappa shape index (κ3) is 3.07. The molecule has 0 spiro atoms. The molecule has 7 heteroatoms. The Labute approximate surface area is 84.8 Å². The van der Waals surface area contributed by atoms with Gasteiger partial charge in [0.25, 0.3) is 0 Å². The number of amides is 1. The molecule has 4 nitrogen and oxygen atoms in total. The maximum atomic E-state index is 12.1. The molecule has 1 saturated heterocycles. The predicted molar refractivity (Wildman–Crippen MR) is 45.8 cm³/mol. The summed E-state index contributed by atoms with van der Waals surface area (Å²) in [5, 5.41) is 8.84. The zero-order valence-corrected chi connectivity index (χ0v) is 8.00. The van der Waals surface area contributed by atoms with Crippen LogP contribution >= 0.6 is 0 Å². The zero-order chi connectivity index (χ0) is 11.6. The highest BCUT2D eigenvalue weighted by Crippen LogP contribution is 2.23. The first-order valence-corrected chi connectivity index (χ1v) is 4.57. The number of hydrogen-bond acceptors (Lipinski definition) is 3. The van der Waals surface area contributed by atoms with E-state index >= 15 is 0 Å². The van der Waals surface area contributed by atoms with Crippen LogP contribution in [0.2, 0.25) is 0 Å². The molecule has 0 aliphatic carbocycles. The van der Waals surface area contributed by atoms with Gasteiger partial charge in [0.05, 0.1) is 0 Å². The highest BCUT2D eigenvalue weighted by Gasteiger charge is 2.44. The van der Waals surface area contributed by atoms with Crippen LogP contribution in [0.4, 0.5) is 13.2 Å². The van der Waals surface area contributed by atoms with Gasteiger partial charge in [0.15, 0.2) is 0 Å². The first kappa shape index (κ1) is 12.3. The highest BCUT2D eigenvalue weighted by atomic mass is 19.4. The lowest BCUT2D eigenvalue weighted by Crippen LogP contribution is -2.53. The van der Waals surface area contributed by atoms with Gasteiger partial charge in [0.1, 0.15) is 0 Å². The number of rotatable bonds is 1. The molecule has 0 unspecified atom stereocenters. The van der Waals surface area contributed by atoms with Crippen molar-refractivity contribution >= 4 is 5.91 Å². The second-order valence-electron chi connectivity index (χ2n) is 3.75. The van der Waals surface area contributed by atoms with Gasteiger partial charge in [-0.3, -0.25) is 4.79 Å². The van der Waals surface area contributed by atoms with E-state index in [1.54, 1.807) is 0 Å². The average molecular weight is 226 g/mol. The number of nitrogens with two attached hydrogens (primary N) is 1. The van der Waals surface area contributed by atoms with Gasteiger partial charge in [-0.25, -0.2) is 0 Å². The third-order valence-corrected chi connectivity index (χ3v) is 2.36. The van der Waals surface area contributed by atoms with Crippen LogP contribution in [0.5, 0.6) is 0 Å². The van der Waals surface area contributed by atoms with Crippen molar-refractivity contribution in [2.24, 2.45) is 11.7 Å². The summed E-state index contributed by atoms with van der Waals surface area (Å²) in [5.74, 6) is -2.24. The monoisotopic (exact) mass is 226 g/mol. The van der Waals surface area contributed by atoms with E-state index < -0.39 is 18.1 Å². The summed E-state index contributed by atoms with van der Waals surface area (Å²) in [7, 11) is 0. The molecular formula is C8H13F3N2O2. The lowest BCUT2D eigenvalue weighted by atomic mass is 9.95. The second-order valence-corrected chi connectivity index (χ2v) is 3.75. The van der Waals surface area contributed by atoms with Crippen LogP contribution in [0.25, 0.3) is 0 Å². The van der Waals surface area contributed by atoms with E-state index in [-0.39, 0.29) is 25.6 Å². The summed E-state index contributed by atoms with van der Waals surface area (Å²) in [4.78, 5) is 11.6. The van der Waals surface area contributed by atoms with Crippen LogP contribution in [0, 0.1) is 5.92 Å². The van der Waals surface area contributed by atoms with E-state index in [0.717, 1.165) is 0 Å². The van der Waals surface area contributed by atoms with Gasteiger partial charge >= 0.3 is 12.1 Å². The van der Waals surface area contributed by atoms with Gasteiger partial charge in [-0.05, 0) is 6.42 Å². The minimum absolute atomic E-state index is 0.0808. The maximum Gasteiger partial charge on any atom is 0.471 e. The molecule has 1 heterocycles. The van der Waals surface area contributed by atoms with E-state index in [2.05, 4.69) is 0 Å². The molecule has 88 valence electrons. The lowest BCUT2D eigenvalue weighted by Gasteiger charge is -2.35. The zero-order valence-electron chi connectivity index (χ0n) is 8.00. The Morgan fingerprint density at radius 1 is 1.47 bits per heavy atom. The molecule has 1 amide bonds. The Morgan fingerprint density at radius 3 is 2.53 bits per heavy atom. The Balaban J connectivity index is 2.66. The van der Waals surface area contributed by atoms with E-state index in [1.165, 1.54) is 0 Å². The Kier molecular flexibility index (Phi) is 3.56. The topological polar surface area (TPSA) is 66.6 Å². The quantitative estimate of drug-likeness (QED) is 0.646. The van der Waals surface area contributed by atoms with Gasteiger partial charge in [0.2, 0.25) is 0 Å². The normalized spacial score (nSPS) is 27.9. The maximum absolute atomic E-state index is 12.1. The fourth-order valence-electron chi connectivity index (χ4n) is 1.72. The minimum atomic E-state index is -4.86. The van der Waals surface area contributed by atoms with Crippen LogP contribution in [-0.4, -0.2) is 47.8 Å². The molecule has 3 N–H and O–H groups in total. The fraction of sp³-hybridized carbons (Fsp3) is 0.875. The number of piperidine rings is 1. The number of halogens is 3. The molecule has 0 bridgehead atoms. The first-order chi connectivity index (χ1) is 6.84. The number of likely N-dealkylation sites (tertiary alicyclic amines) is 1. The van der Waals surface area contributed by atoms with Crippen LogP contribution in [-0.2, 0) is 4.79 Å². The van der Waals surface area contributed by atoms with E-state index in [1.807, 2.05) is 0 Å². The first-order valence-electron chi connectivity index (χ1n) is 4.57. The van der Waals surface area contributed by atoms with Crippen LogP contribution in [0.15, 0.2) is 0 Å². The largest absolute Gasteiger partial charge is 0.471 e. The van der Waals surface area contributed by atoms with Crippen LogP contribution < -0.4 is 5.73 Å². The number of aliphatic hydroxyl groups is 1. The fourth-order valence-corrected chi connectivity index (χ4v) is 1.72. The van der Waals surface area contributed by atoms with Gasteiger partial charge in [0, 0.05) is 31.7 Å². The second kappa shape index (κ2) is 4.36. The molecule has 1 fully saturated rings. The number of carbonyl (C=O) groups excluding carboxylic acids is 1. The molecule has 0 radical (unpaired) electrons. The van der Waals surface area contributed by atoms with Crippen LogP contribution in [0.1, 0.15) is 6.42 Å². The summed E-state index contributed by atoms with van der Waals surface area (Å²) in [5.41, 5.74) is 5.50. The van der Waals surface area contributed by atoms with Crippen molar-refractivity contribution < 1.29 is 23.1 Å². The summed E-state index contributed by atoms with van der Waals surface area (Å²) in [6, 6.07) is -0.498. The van der Waals surface area contributed by atoms with Gasteiger partial charge in [-0.2, -0.15) is 13.2 Å². The van der Waals surface area contributed by atoms with Gasteiger partial charge in [-0.1, -0.05) is 0 Å². The predicted octanol–water partition coefficient (Wildman–Crippen LogP) is -0.283. The van der Waals surface area contributed by atoms with Crippen LogP contribution in [0.3, 0.4) is 0 Å². The molecule has 1 rings (SSSR count). The molecule has 0 aromatic rings. The molecule has 0 aromatic heterocycles. The molecule has 1 aliphatic rings. The molecule has 0 saturated carbocycles. The Hall–Kier alpha value is -0.820.